The Morgan fingerprint density at radius 1 is 1.26 bits per heavy atom. The molecular formula is C15H23ClN2O. The summed E-state index contributed by atoms with van der Waals surface area (Å²) in [6, 6.07) is 7.58. The minimum atomic E-state index is 0. The van der Waals surface area contributed by atoms with Crippen molar-refractivity contribution in [2.24, 2.45) is 5.92 Å². The van der Waals surface area contributed by atoms with Crippen molar-refractivity contribution in [3.8, 4) is 0 Å². The number of benzene rings is 1. The first kappa shape index (κ1) is 15.8. The van der Waals surface area contributed by atoms with Gasteiger partial charge in [-0.25, -0.2) is 0 Å². The van der Waals surface area contributed by atoms with E-state index in [1.54, 1.807) is 0 Å². The van der Waals surface area contributed by atoms with E-state index in [9.17, 15) is 4.79 Å². The van der Waals surface area contributed by atoms with Crippen molar-refractivity contribution < 1.29 is 4.79 Å². The molecule has 1 aliphatic rings. The van der Waals surface area contributed by atoms with Crippen molar-refractivity contribution in [2.75, 3.05) is 18.8 Å². The van der Waals surface area contributed by atoms with Crippen molar-refractivity contribution in [3.63, 3.8) is 0 Å². The molecule has 0 bridgehead atoms. The van der Waals surface area contributed by atoms with E-state index in [-0.39, 0.29) is 18.3 Å². The molecule has 1 unspecified atom stereocenters. The van der Waals surface area contributed by atoms with Crippen LogP contribution in [0.15, 0.2) is 24.3 Å². The number of amides is 1. The van der Waals surface area contributed by atoms with Crippen molar-refractivity contribution in [1.29, 1.82) is 0 Å². The molecule has 1 aromatic rings. The highest BCUT2D eigenvalue weighted by Crippen LogP contribution is 2.17. The lowest BCUT2D eigenvalue weighted by Crippen LogP contribution is -2.33. The third kappa shape index (κ3) is 4.75. The van der Waals surface area contributed by atoms with Gasteiger partial charge in [-0.3, -0.25) is 4.79 Å². The number of nitrogens with zero attached hydrogens (tertiary/aromatic N) is 1. The first-order chi connectivity index (χ1) is 8.65. The molecule has 19 heavy (non-hydrogen) atoms. The second-order valence-corrected chi connectivity index (χ2v) is 5.34. The molecule has 0 radical (unpaired) electrons. The van der Waals surface area contributed by atoms with E-state index in [1.165, 1.54) is 6.42 Å². The van der Waals surface area contributed by atoms with Crippen LogP contribution in [0.5, 0.6) is 0 Å². The maximum atomic E-state index is 12.2. The predicted octanol–water partition coefficient (Wildman–Crippen LogP) is 2.88. The highest BCUT2D eigenvalue weighted by Gasteiger charge is 2.18. The van der Waals surface area contributed by atoms with Gasteiger partial charge in [-0.05, 0) is 42.9 Å². The van der Waals surface area contributed by atoms with E-state index in [0.717, 1.165) is 43.1 Å². The fourth-order valence-corrected chi connectivity index (χ4v) is 2.43. The lowest BCUT2D eigenvalue weighted by Gasteiger charge is -2.20. The predicted molar refractivity (Wildman–Crippen MR) is 81.4 cm³/mol. The zero-order chi connectivity index (χ0) is 13.0. The molecule has 1 aliphatic heterocycles. The molecule has 0 aromatic heterocycles. The largest absolute Gasteiger partial charge is 0.399 e. The quantitative estimate of drug-likeness (QED) is 0.848. The van der Waals surface area contributed by atoms with Crippen LogP contribution in [-0.4, -0.2) is 23.9 Å². The molecule has 1 amide bonds. The van der Waals surface area contributed by atoms with E-state index < -0.39 is 0 Å². The Hall–Kier alpha value is -1.22. The molecule has 2 rings (SSSR count). The summed E-state index contributed by atoms with van der Waals surface area (Å²) in [5.41, 5.74) is 7.43. The molecule has 1 saturated heterocycles. The highest BCUT2D eigenvalue weighted by atomic mass is 35.5. The summed E-state index contributed by atoms with van der Waals surface area (Å²) in [6.45, 7) is 4.10. The Kier molecular flexibility index (Phi) is 6.16. The number of rotatable bonds is 2. The van der Waals surface area contributed by atoms with Gasteiger partial charge in [0.1, 0.15) is 0 Å². The van der Waals surface area contributed by atoms with Crippen LogP contribution in [-0.2, 0) is 11.2 Å². The minimum Gasteiger partial charge on any atom is -0.399 e. The van der Waals surface area contributed by atoms with Gasteiger partial charge in [0.15, 0.2) is 0 Å². The van der Waals surface area contributed by atoms with Gasteiger partial charge in [0, 0.05) is 18.8 Å². The van der Waals surface area contributed by atoms with Crippen LogP contribution in [0.2, 0.25) is 0 Å². The van der Waals surface area contributed by atoms with Crippen LogP contribution in [0.1, 0.15) is 31.7 Å². The summed E-state index contributed by atoms with van der Waals surface area (Å²) in [5.74, 6) is 0.994. The Labute approximate surface area is 121 Å². The monoisotopic (exact) mass is 282 g/mol. The van der Waals surface area contributed by atoms with Gasteiger partial charge in [0.25, 0.3) is 0 Å². The summed E-state index contributed by atoms with van der Waals surface area (Å²) in [4.78, 5) is 14.2. The maximum Gasteiger partial charge on any atom is 0.226 e. The number of carbonyl (C=O) groups is 1. The smallest absolute Gasteiger partial charge is 0.226 e. The Bertz CT molecular complexity index is 405. The van der Waals surface area contributed by atoms with E-state index >= 15 is 0 Å². The number of carbonyl (C=O) groups excluding carboxylic acids is 1. The zero-order valence-corrected chi connectivity index (χ0v) is 12.3. The summed E-state index contributed by atoms with van der Waals surface area (Å²) >= 11 is 0. The van der Waals surface area contributed by atoms with Crippen LogP contribution in [0.25, 0.3) is 0 Å². The first-order valence-electron chi connectivity index (χ1n) is 6.77. The molecule has 0 spiro atoms. The van der Waals surface area contributed by atoms with Gasteiger partial charge in [-0.15, -0.1) is 12.4 Å². The van der Waals surface area contributed by atoms with E-state index in [1.807, 2.05) is 29.2 Å². The molecule has 1 fully saturated rings. The SMILES string of the molecule is CC1CCCN(C(=O)Cc2ccc(N)cc2)CC1.Cl. The lowest BCUT2D eigenvalue weighted by molar-refractivity contribution is -0.130. The van der Waals surface area contributed by atoms with Gasteiger partial charge in [-0.1, -0.05) is 19.1 Å². The Balaban J connectivity index is 0.00000180. The highest BCUT2D eigenvalue weighted by molar-refractivity contribution is 5.85. The van der Waals surface area contributed by atoms with Gasteiger partial charge in [-0.2, -0.15) is 0 Å². The number of hydrogen-bond acceptors (Lipinski definition) is 2. The van der Waals surface area contributed by atoms with Gasteiger partial charge in [0.2, 0.25) is 5.91 Å². The van der Waals surface area contributed by atoms with Gasteiger partial charge >= 0.3 is 0 Å². The molecule has 3 nitrogen and oxygen atoms in total. The summed E-state index contributed by atoms with van der Waals surface area (Å²) in [7, 11) is 0. The van der Waals surface area contributed by atoms with Crippen LogP contribution in [0.3, 0.4) is 0 Å². The summed E-state index contributed by atoms with van der Waals surface area (Å²) < 4.78 is 0. The van der Waals surface area contributed by atoms with E-state index in [0.29, 0.717) is 6.42 Å². The lowest BCUT2D eigenvalue weighted by atomic mass is 10.0. The molecule has 0 saturated carbocycles. The van der Waals surface area contributed by atoms with Crippen molar-refractivity contribution >= 4 is 24.0 Å². The van der Waals surface area contributed by atoms with E-state index in [2.05, 4.69) is 6.92 Å². The van der Waals surface area contributed by atoms with Crippen molar-refractivity contribution in [1.82, 2.24) is 4.90 Å². The molecule has 4 heteroatoms. The maximum absolute atomic E-state index is 12.2. The fourth-order valence-electron chi connectivity index (χ4n) is 2.43. The second kappa shape index (κ2) is 7.39. The topological polar surface area (TPSA) is 46.3 Å². The van der Waals surface area contributed by atoms with Crippen LogP contribution in [0, 0.1) is 5.92 Å². The molecule has 106 valence electrons. The number of halogens is 1. The Morgan fingerprint density at radius 2 is 1.95 bits per heavy atom. The molecule has 2 N–H and O–H groups in total. The Morgan fingerprint density at radius 3 is 2.63 bits per heavy atom. The molecule has 1 aromatic carbocycles. The molecule has 0 aliphatic carbocycles. The molecule has 1 heterocycles. The van der Waals surface area contributed by atoms with Gasteiger partial charge < -0.3 is 10.6 Å². The average Bonchev–Trinajstić information content (AvgIpc) is 2.57. The third-order valence-electron chi connectivity index (χ3n) is 3.70. The summed E-state index contributed by atoms with van der Waals surface area (Å²) in [6.07, 6.45) is 4.00. The average molecular weight is 283 g/mol. The molecule has 1 atom stereocenters. The van der Waals surface area contributed by atoms with Crippen molar-refractivity contribution in [3.05, 3.63) is 29.8 Å². The number of nitrogen functional groups attached to an aromatic ring is 1. The number of hydrogen-bond donors (Lipinski definition) is 1. The van der Waals surface area contributed by atoms with Crippen LogP contribution < -0.4 is 5.73 Å². The standard InChI is InChI=1S/C15H22N2O.ClH/c1-12-3-2-9-17(10-8-12)15(18)11-13-4-6-14(16)7-5-13;/h4-7,12H,2-3,8-11,16H2,1H3;1H. The van der Waals surface area contributed by atoms with E-state index in [4.69, 9.17) is 5.73 Å². The number of likely N-dealkylation sites (tertiary alicyclic amines) is 1. The van der Waals surface area contributed by atoms with Gasteiger partial charge in [0.05, 0.1) is 6.42 Å². The number of nitrogens with two attached hydrogens (primary N) is 1. The van der Waals surface area contributed by atoms with Crippen molar-refractivity contribution in [2.45, 2.75) is 32.6 Å². The minimum absolute atomic E-state index is 0. The zero-order valence-electron chi connectivity index (χ0n) is 11.5. The van der Waals surface area contributed by atoms with Crippen LogP contribution in [0.4, 0.5) is 5.69 Å². The van der Waals surface area contributed by atoms with Crippen LogP contribution >= 0.6 is 12.4 Å². The normalized spacial score (nSPS) is 19.4. The molecular weight excluding hydrogens is 260 g/mol. The second-order valence-electron chi connectivity index (χ2n) is 5.34. The number of anilines is 1. The summed E-state index contributed by atoms with van der Waals surface area (Å²) in [5, 5.41) is 0. The first-order valence-corrected chi connectivity index (χ1v) is 6.77. The fraction of sp³-hybridized carbons (Fsp3) is 0.533. The third-order valence-corrected chi connectivity index (χ3v) is 3.70.